The van der Waals surface area contributed by atoms with Crippen LogP contribution in [0.3, 0.4) is 0 Å². The number of nitrogens with zero attached hydrogens (tertiary/aromatic N) is 2. The van der Waals surface area contributed by atoms with E-state index in [-0.39, 0.29) is 22.7 Å². The van der Waals surface area contributed by atoms with Crippen molar-refractivity contribution in [1.82, 2.24) is 9.80 Å². The van der Waals surface area contributed by atoms with Crippen molar-refractivity contribution in [1.29, 1.82) is 0 Å². The van der Waals surface area contributed by atoms with Gasteiger partial charge in [0.15, 0.2) is 11.5 Å². The second-order valence-corrected chi connectivity index (χ2v) is 8.73. The minimum absolute atomic E-state index is 0.0889. The highest BCUT2D eigenvalue weighted by Gasteiger charge is 2.46. The Morgan fingerprint density at radius 3 is 2.11 bits per heavy atom. The molecule has 3 rings (SSSR count). The first-order chi connectivity index (χ1) is 17.8. The van der Waals surface area contributed by atoms with Gasteiger partial charge in [0.1, 0.15) is 11.5 Å². The molecule has 0 bridgehead atoms. The summed E-state index contributed by atoms with van der Waals surface area (Å²) in [7, 11) is 5.93. The summed E-state index contributed by atoms with van der Waals surface area (Å²) in [5.41, 5.74) is 0.600. The third kappa shape index (κ3) is 5.47. The third-order valence-electron chi connectivity index (χ3n) is 6.52. The molecule has 1 aliphatic heterocycles. The number of likely N-dealkylation sites (tertiary alicyclic amines) is 1. The van der Waals surface area contributed by atoms with Crippen LogP contribution in [0, 0.1) is 0 Å². The number of aliphatic hydroxyl groups is 1. The highest BCUT2D eigenvalue weighted by atomic mass is 35.5. The van der Waals surface area contributed by atoms with E-state index in [1.165, 1.54) is 39.4 Å². The van der Waals surface area contributed by atoms with Crippen LogP contribution in [-0.4, -0.2) is 81.2 Å². The molecule has 0 saturated carbocycles. The lowest BCUT2D eigenvalue weighted by Gasteiger charge is -2.29. The maximum absolute atomic E-state index is 13.4. The van der Waals surface area contributed by atoms with Gasteiger partial charge in [-0.05, 0) is 49.0 Å². The normalized spacial score (nSPS) is 16.9. The molecule has 0 aliphatic carbocycles. The first-order valence-corrected chi connectivity index (χ1v) is 12.3. The molecule has 1 heterocycles. The highest BCUT2D eigenvalue weighted by molar-refractivity contribution is 6.47. The van der Waals surface area contributed by atoms with E-state index in [4.69, 9.17) is 30.5 Å². The summed E-state index contributed by atoms with van der Waals surface area (Å²) in [5.74, 6) is -0.417. The number of methoxy groups -OCH3 is 4. The van der Waals surface area contributed by atoms with Gasteiger partial charge in [-0.1, -0.05) is 25.4 Å². The first kappa shape index (κ1) is 28.1. The number of amides is 1. The minimum atomic E-state index is -0.925. The molecular weight excluding hydrogens is 500 g/mol. The zero-order chi connectivity index (χ0) is 27.3. The average Bonchev–Trinajstić information content (AvgIpc) is 3.17. The molecule has 0 radical (unpaired) electrons. The summed E-state index contributed by atoms with van der Waals surface area (Å²) in [6, 6.07) is 7.13. The predicted octanol–water partition coefficient (Wildman–Crippen LogP) is 4.14. The topological polar surface area (TPSA) is 97.8 Å². The largest absolute Gasteiger partial charge is 0.507 e. The second kappa shape index (κ2) is 12.2. The van der Waals surface area contributed by atoms with E-state index >= 15 is 0 Å². The van der Waals surface area contributed by atoms with Crippen molar-refractivity contribution in [3.8, 4) is 23.0 Å². The molecule has 10 heteroatoms. The van der Waals surface area contributed by atoms with E-state index in [0.29, 0.717) is 35.1 Å². The highest BCUT2D eigenvalue weighted by Crippen LogP contribution is 2.46. The summed E-state index contributed by atoms with van der Waals surface area (Å²) in [5, 5.41) is 11.6. The molecule has 0 aromatic heterocycles. The molecule has 1 unspecified atom stereocenters. The lowest BCUT2D eigenvalue weighted by molar-refractivity contribution is -0.140. The zero-order valence-electron chi connectivity index (χ0n) is 22.0. The zero-order valence-corrected chi connectivity index (χ0v) is 22.7. The van der Waals surface area contributed by atoms with E-state index in [1.807, 2.05) is 13.8 Å². The number of hydrogen-bond acceptors (Lipinski definition) is 8. The van der Waals surface area contributed by atoms with Gasteiger partial charge in [-0.3, -0.25) is 9.59 Å². The number of ether oxygens (including phenoxy) is 4. The maximum Gasteiger partial charge on any atom is 0.295 e. The monoisotopic (exact) mass is 532 g/mol. The van der Waals surface area contributed by atoms with E-state index in [1.54, 1.807) is 24.3 Å². The Labute approximate surface area is 222 Å². The molecule has 1 atom stereocenters. The van der Waals surface area contributed by atoms with Gasteiger partial charge in [0.25, 0.3) is 11.7 Å². The van der Waals surface area contributed by atoms with E-state index < -0.39 is 23.5 Å². The summed E-state index contributed by atoms with van der Waals surface area (Å²) in [6.07, 6.45) is 0. The number of aliphatic hydroxyl groups excluding tert-OH is 1. The summed E-state index contributed by atoms with van der Waals surface area (Å²) < 4.78 is 21.7. The van der Waals surface area contributed by atoms with Crippen LogP contribution in [-0.2, 0) is 9.59 Å². The van der Waals surface area contributed by atoms with E-state index in [2.05, 4.69) is 4.90 Å². The van der Waals surface area contributed by atoms with E-state index in [9.17, 15) is 14.7 Å². The van der Waals surface area contributed by atoms with E-state index in [0.717, 1.165) is 13.1 Å². The van der Waals surface area contributed by atoms with Crippen LogP contribution in [0.4, 0.5) is 0 Å². The van der Waals surface area contributed by atoms with Gasteiger partial charge in [-0.15, -0.1) is 0 Å². The fourth-order valence-electron chi connectivity index (χ4n) is 4.46. The van der Waals surface area contributed by atoms with Crippen molar-refractivity contribution < 1.29 is 33.6 Å². The Bertz CT molecular complexity index is 1170. The maximum atomic E-state index is 13.4. The Balaban J connectivity index is 2.27. The number of rotatable bonds is 11. The SMILES string of the molecule is CCN(CC)CCN1C(=O)C(=O)/C(=C(/O)c2cc(OC)ccc2Cl)C1c1cc(OC)c(OC)c(OC)c1. The fraction of sp³-hybridized carbons (Fsp3) is 0.407. The molecule has 1 fully saturated rings. The molecule has 1 N–H and O–H groups in total. The van der Waals surface area contributed by atoms with Gasteiger partial charge < -0.3 is 33.9 Å². The van der Waals surface area contributed by atoms with Crippen LogP contribution in [0.5, 0.6) is 23.0 Å². The number of benzene rings is 2. The molecule has 2 aromatic rings. The molecule has 37 heavy (non-hydrogen) atoms. The first-order valence-electron chi connectivity index (χ1n) is 11.9. The molecule has 1 amide bonds. The second-order valence-electron chi connectivity index (χ2n) is 8.32. The van der Waals surface area contributed by atoms with Crippen molar-refractivity contribution in [3.63, 3.8) is 0 Å². The lowest BCUT2D eigenvalue weighted by atomic mass is 9.94. The number of carbonyl (C=O) groups excluding carboxylic acids is 2. The van der Waals surface area contributed by atoms with Crippen LogP contribution in [0.15, 0.2) is 35.9 Å². The molecule has 0 spiro atoms. The van der Waals surface area contributed by atoms with Gasteiger partial charge >= 0.3 is 0 Å². The molecule has 200 valence electrons. The smallest absolute Gasteiger partial charge is 0.295 e. The number of halogens is 1. The van der Waals surface area contributed by atoms with Gasteiger partial charge in [0.2, 0.25) is 5.75 Å². The van der Waals surface area contributed by atoms with Gasteiger partial charge in [0.05, 0.1) is 45.1 Å². The molecular formula is C27H33ClN2O7. The Kier molecular flexibility index (Phi) is 9.29. The summed E-state index contributed by atoms with van der Waals surface area (Å²) in [6.45, 7) is 6.43. The van der Waals surface area contributed by atoms with Crippen molar-refractivity contribution in [2.24, 2.45) is 0 Å². The molecule has 1 aliphatic rings. The Hall–Kier alpha value is -3.43. The number of Topliss-reactive ketones (excluding diaryl/α,β-unsaturated/α-hetero) is 1. The number of likely N-dealkylation sites (N-methyl/N-ethyl adjacent to an activating group) is 1. The standard InChI is InChI=1S/C27H33ClN2O7/c1-7-29(8-2)11-12-30-23(16-13-20(35-4)26(37-6)21(14-16)36-5)22(25(32)27(30)33)24(31)18-15-17(34-3)9-10-19(18)28/h9-10,13-15,23,31H,7-8,11-12H2,1-6H3/b24-22+. The predicted molar refractivity (Wildman–Crippen MR) is 141 cm³/mol. The number of hydrogen-bond donors (Lipinski definition) is 1. The van der Waals surface area contributed by atoms with Crippen molar-refractivity contribution in [3.05, 3.63) is 52.1 Å². The van der Waals surface area contributed by atoms with Gasteiger partial charge in [0, 0.05) is 18.7 Å². The number of carbonyl (C=O) groups is 2. The fourth-order valence-corrected chi connectivity index (χ4v) is 4.67. The quantitative estimate of drug-likeness (QED) is 0.262. The third-order valence-corrected chi connectivity index (χ3v) is 6.85. The minimum Gasteiger partial charge on any atom is -0.507 e. The average molecular weight is 533 g/mol. The van der Waals surface area contributed by atoms with Crippen LogP contribution in [0.2, 0.25) is 5.02 Å². The van der Waals surface area contributed by atoms with Crippen molar-refractivity contribution in [2.45, 2.75) is 19.9 Å². The molecule has 1 saturated heterocycles. The summed E-state index contributed by atoms with van der Waals surface area (Å²) in [4.78, 5) is 30.3. The Morgan fingerprint density at radius 1 is 0.973 bits per heavy atom. The van der Waals surface area contributed by atoms with Crippen LogP contribution < -0.4 is 18.9 Å². The molecule has 2 aromatic carbocycles. The van der Waals surface area contributed by atoms with Crippen LogP contribution in [0.1, 0.15) is 31.0 Å². The van der Waals surface area contributed by atoms with Gasteiger partial charge in [-0.25, -0.2) is 0 Å². The van der Waals surface area contributed by atoms with Crippen LogP contribution in [0.25, 0.3) is 5.76 Å². The Morgan fingerprint density at radius 2 is 1.59 bits per heavy atom. The van der Waals surface area contributed by atoms with Crippen molar-refractivity contribution >= 4 is 29.1 Å². The molecule has 9 nitrogen and oxygen atoms in total. The van der Waals surface area contributed by atoms with Crippen LogP contribution >= 0.6 is 11.6 Å². The van der Waals surface area contributed by atoms with Gasteiger partial charge in [-0.2, -0.15) is 0 Å². The van der Waals surface area contributed by atoms with Crippen molar-refractivity contribution in [2.75, 3.05) is 54.6 Å². The summed E-state index contributed by atoms with van der Waals surface area (Å²) >= 11 is 6.39. The lowest BCUT2D eigenvalue weighted by Crippen LogP contribution is -2.38. The number of ketones is 1.